The molecule has 0 bridgehead atoms. The topological polar surface area (TPSA) is 69.2 Å². The molecule has 0 aliphatic carbocycles. The Kier molecular flexibility index (Phi) is 15.8. The van der Waals surface area contributed by atoms with E-state index in [9.17, 15) is 14.7 Å². The van der Waals surface area contributed by atoms with Crippen LogP contribution in [0, 0.1) is 0 Å². The molecule has 0 aliphatic rings. The van der Waals surface area contributed by atoms with Crippen molar-refractivity contribution in [3.8, 4) is 0 Å². The molecule has 1 unspecified atom stereocenters. The number of quaternary nitrogens is 1. The van der Waals surface area contributed by atoms with Crippen LogP contribution in [0.25, 0.3) is 0 Å². The van der Waals surface area contributed by atoms with Gasteiger partial charge in [-0.3, -0.25) is 4.79 Å². The van der Waals surface area contributed by atoms with E-state index in [4.69, 9.17) is 0 Å². The Hall–Kier alpha value is -1.36. The molecule has 0 aromatic carbocycles. The summed E-state index contributed by atoms with van der Waals surface area (Å²) in [6.07, 6.45) is 19.8. The van der Waals surface area contributed by atoms with Crippen LogP contribution in [0.3, 0.4) is 0 Å². The number of allylic oxidation sites excluding steroid dienone is 2. The molecule has 164 valence electrons. The van der Waals surface area contributed by atoms with Gasteiger partial charge in [0.2, 0.25) is 12.1 Å². The van der Waals surface area contributed by atoms with E-state index in [2.05, 4.69) is 24.4 Å². The Morgan fingerprint density at radius 1 is 0.821 bits per heavy atom. The van der Waals surface area contributed by atoms with E-state index in [-0.39, 0.29) is 10.4 Å². The van der Waals surface area contributed by atoms with Crippen molar-refractivity contribution in [3.05, 3.63) is 12.2 Å². The average molecular weight is 397 g/mol. The van der Waals surface area contributed by atoms with Crippen molar-refractivity contribution in [2.45, 2.75) is 103 Å². The van der Waals surface area contributed by atoms with Gasteiger partial charge in [0.1, 0.15) is 5.97 Å². The van der Waals surface area contributed by atoms with Gasteiger partial charge < -0.3 is 19.7 Å². The Balaban J connectivity index is 3.55. The molecule has 0 saturated carbocycles. The molecule has 1 amide bonds. The van der Waals surface area contributed by atoms with Crippen LogP contribution in [0.5, 0.6) is 0 Å². The summed E-state index contributed by atoms with van der Waals surface area (Å²) >= 11 is 0. The van der Waals surface area contributed by atoms with Crippen molar-refractivity contribution < 1.29 is 19.2 Å². The number of carboxylic acids is 1. The molecule has 0 saturated heterocycles. The molecule has 0 fully saturated rings. The molecular formula is C23H44N2O3. The minimum atomic E-state index is -1.25. The average Bonchev–Trinajstić information content (AvgIpc) is 2.61. The largest absolute Gasteiger partial charge is 0.542 e. The first-order valence-electron chi connectivity index (χ1n) is 11.3. The first-order valence-corrected chi connectivity index (χ1v) is 11.3. The number of carboxylic acid groups (broad SMARTS) is 1. The van der Waals surface area contributed by atoms with Crippen LogP contribution in [-0.2, 0) is 9.59 Å². The maximum Gasteiger partial charge on any atom is 0.224 e. The van der Waals surface area contributed by atoms with Gasteiger partial charge in [0.05, 0.1) is 21.1 Å². The highest BCUT2D eigenvalue weighted by atomic mass is 16.4. The van der Waals surface area contributed by atoms with Gasteiger partial charge >= 0.3 is 0 Å². The summed E-state index contributed by atoms with van der Waals surface area (Å²) in [5.41, 5.74) is 0. The van der Waals surface area contributed by atoms with Crippen molar-refractivity contribution in [3.63, 3.8) is 0 Å². The summed E-state index contributed by atoms with van der Waals surface area (Å²) in [5.74, 6) is -1.45. The van der Waals surface area contributed by atoms with Crippen LogP contribution in [0.1, 0.15) is 96.8 Å². The first kappa shape index (κ1) is 26.6. The van der Waals surface area contributed by atoms with Crippen molar-refractivity contribution >= 4 is 11.9 Å². The zero-order valence-corrected chi connectivity index (χ0v) is 18.8. The minimum Gasteiger partial charge on any atom is -0.542 e. The predicted molar refractivity (Wildman–Crippen MR) is 114 cm³/mol. The fourth-order valence-electron chi connectivity index (χ4n) is 3.15. The number of aliphatic carboxylic acids is 1. The van der Waals surface area contributed by atoms with E-state index in [1.807, 2.05) is 0 Å². The molecule has 0 aliphatic heterocycles. The summed E-state index contributed by atoms with van der Waals surface area (Å²) < 4.78 is 0.112. The molecular weight excluding hydrogens is 352 g/mol. The van der Waals surface area contributed by atoms with Crippen molar-refractivity contribution in [2.24, 2.45) is 0 Å². The Morgan fingerprint density at radius 2 is 1.29 bits per heavy atom. The molecule has 5 heteroatoms. The second kappa shape index (κ2) is 16.6. The van der Waals surface area contributed by atoms with E-state index in [0.29, 0.717) is 6.42 Å². The predicted octanol–water partition coefficient (Wildman–Crippen LogP) is 3.92. The summed E-state index contributed by atoms with van der Waals surface area (Å²) in [5, 5.41) is 13.7. The number of rotatable bonds is 18. The van der Waals surface area contributed by atoms with Crippen molar-refractivity contribution in [1.82, 2.24) is 5.32 Å². The monoisotopic (exact) mass is 396 g/mol. The third-order valence-corrected chi connectivity index (χ3v) is 4.96. The molecule has 1 atom stereocenters. The number of nitrogens with one attached hydrogen (secondary N) is 1. The molecule has 1 N–H and O–H groups in total. The third kappa shape index (κ3) is 15.7. The number of hydrogen-bond acceptors (Lipinski definition) is 3. The standard InChI is InChI=1S/C23H44N2O3/c1-5-6-7-8-9-10-11-12-13-14-15-16-17-18-19-20-21(26)24-22(23(27)28)25(2,3)4/h12-13,22H,5-11,14-20H2,1-4H3,(H-,24,26,27,28)/b13-12-. The van der Waals surface area contributed by atoms with Crippen LogP contribution in [0.15, 0.2) is 12.2 Å². The molecule has 28 heavy (non-hydrogen) atoms. The molecule has 5 nitrogen and oxygen atoms in total. The summed E-state index contributed by atoms with van der Waals surface area (Å²) in [6.45, 7) is 2.25. The van der Waals surface area contributed by atoms with Crippen LogP contribution < -0.4 is 10.4 Å². The number of nitrogens with zero attached hydrogens (tertiary/aromatic N) is 1. The summed E-state index contributed by atoms with van der Waals surface area (Å²) in [6, 6.07) is 0. The number of amides is 1. The lowest BCUT2D eigenvalue weighted by atomic mass is 10.1. The Bertz CT molecular complexity index is 442. The van der Waals surface area contributed by atoms with Crippen LogP contribution in [-0.4, -0.2) is 43.7 Å². The summed E-state index contributed by atoms with van der Waals surface area (Å²) in [4.78, 5) is 23.1. The summed E-state index contributed by atoms with van der Waals surface area (Å²) in [7, 11) is 5.18. The number of unbranched alkanes of at least 4 members (excludes halogenated alkanes) is 11. The highest BCUT2D eigenvalue weighted by Crippen LogP contribution is 2.10. The molecule has 0 heterocycles. The second-order valence-corrected chi connectivity index (χ2v) is 8.74. The minimum absolute atomic E-state index is 0.112. The maximum atomic E-state index is 11.9. The lowest BCUT2D eigenvalue weighted by molar-refractivity contribution is -0.891. The van der Waals surface area contributed by atoms with Gasteiger partial charge in [0, 0.05) is 6.42 Å². The fourth-order valence-corrected chi connectivity index (χ4v) is 3.15. The van der Waals surface area contributed by atoms with Gasteiger partial charge in [-0.2, -0.15) is 0 Å². The van der Waals surface area contributed by atoms with E-state index in [1.54, 1.807) is 21.1 Å². The van der Waals surface area contributed by atoms with Gasteiger partial charge in [0.15, 0.2) is 0 Å². The SMILES string of the molecule is CCCCCCCC/C=C\CCCCCCCC(=O)NC(C(=O)[O-])[N+](C)(C)C. The highest BCUT2D eigenvalue weighted by Gasteiger charge is 2.26. The molecule has 0 aromatic rings. The first-order chi connectivity index (χ1) is 13.3. The van der Waals surface area contributed by atoms with Gasteiger partial charge in [-0.25, -0.2) is 0 Å². The van der Waals surface area contributed by atoms with Gasteiger partial charge in [-0.05, 0) is 32.1 Å². The third-order valence-electron chi connectivity index (χ3n) is 4.96. The number of carbonyl (C=O) groups is 2. The Morgan fingerprint density at radius 3 is 1.75 bits per heavy atom. The van der Waals surface area contributed by atoms with E-state index < -0.39 is 12.1 Å². The van der Waals surface area contributed by atoms with Crippen LogP contribution in [0.2, 0.25) is 0 Å². The van der Waals surface area contributed by atoms with Gasteiger partial charge in [-0.1, -0.05) is 70.4 Å². The zero-order chi connectivity index (χ0) is 21.3. The van der Waals surface area contributed by atoms with Crippen molar-refractivity contribution in [1.29, 1.82) is 0 Å². The van der Waals surface area contributed by atoms with Gasteiger partial charge in [0.25, 0.3) is 0 Å². The van der Waals surface area contributed by atoms with Crippen LogP contribution >= 0.6 is 0 Å². The number of hydrogen-bond donors (Lipinski definition) is 1. The normalized spacial score (nSPS) is 13.0. The lowest BCUT2D eigenvalue weighted by Crippen LogP contribution is -2.63. The lowest BCUT2D eigenvalue weighted by Gasteiger charge is -2.34. The molecule has 0 rings (SSSR count). The maximum absolute atomic E-state index is 11.9. The smallest absolute Gasteiger partial charge is 0.224 e. The quantitative estimate of drug-likeness (QED) is 0.165. The van der Waals surface area contributed by atoms with Gasteiger partial charge in [-0.15, -0.1) is 0 Å². The molecule has 0 aromatic heterocycles. The van der Waals surface area contributed by atoms with Crippen molar-refractivity contribution in [2.75, 3.05) is 21.1 Å². The van der Waals surface area contributed by atoms with Crippen LogP contribution in [0.4, 0.5) is 0 Å². The molecule has 0 spiro atoms. The van der Waals surface area contributed by atoms with E-state index in [1.165, 1.54) is 57.8 Å². The highest BCUT2D eigenvalue weighted by molar-refractivity contribution is 5.81. The fraction of sp³-hybridized carbons (Fsp3) is 0.826. The van der Waals surface area contributed by atoms with E-state index in [0.717, 1.165) is 25.7 Å². The number of carbonyl (C=O) groups excluding carboxylic acids is 2. The second-order valence-electron chi connectivity index (χ2n) is 8.74. The van der Waals surface area contributed by atoms with E-state index >= 15 is 0 Å². The molecule has 0 radical (unpaired) electrons. The Labute approximate surface area is 173 Å². The zero-order valence-electron chi connectivity index (χ0n) is 18.8. The number of likely N-dealkylation sites (N-methyl/N-ethyl adjacent to an activating group) is 1.